The maximum atomic E-state index is 10.4. The van der Waals surface area contributed by atoms with Crippen molar-refractivity contribution in [3.05, 3.63) is 23.8 Å². The van der Waals surface area contributed by atoms with Crippen molar-refractivity contribution in [1.82, 2.24) is 0 Å². The molecule has 1 aromatic rings. The molecule has 72 valence electrons. The minimum Gasteiger partial charge on any atom is -0.495 e. The Morgan fingerprint density at radius 1 is 1.50 bits per heavy atom. The van der Waals surface area contributed by atoms with E-state index in [1.54, 1.807) is 18.2 Å². The van der Waals surface area contributed by atoms with Gasteiger partial charge in [0.2, 0.25) is 0 Å². The predicted octanol–water partition coefficient (Wildman–Crippen LogP) is 0.114. The zero-order chi connectivity index (χ0) is 10.6. The molecule has 0 spiro atoms. The predicted molar refractivity (Wildman–Crippen MR) is 53.5 cm³/mol. The first-order valence-corrected chi connectivity index (χ1v) is 3.88. The van der Waals surface area contributed by atoms with Gasteiger partial charge in [0.25, 0.3) is 5.91 Å². The summed E-state index contributed by atoms with van der Waals surface area (Å²) in [6.45, 7) is 0. The van der Waals surface area contributed by atoms with Crippen LogP contribution in [0, 0.1) is 11.8 Å². The summed E-state index contributed by atoms with van der Waals surface area (Å²) in [6.07, 6.45) is 0. The van der Waals surface area contributed by atoms with E-state index in [1.165, 1.54) is 7.11 Å². The second-order valence-electron chi connectivity index (χ2n) is 2.57. The number of nitrogens with two attached hydrogens (primary N) is 2. The summed E-state index contributed by atoms with van der Waals surface area (Å²) in [6, 6.07) is 4.97. The summed E-state index contributed by atoms with van der Waals surface area (Å²) in [7, 11) is 1.50. The van der Waals surface area contributed by atoms with Gasteiger partial charge in [0.05, 0.1) is 12.7 Å². The Morgan fingerprint density at radius 2 is 2.21 bits per heavy atom. The maximum Gasteiger partial charge on any atom is 0.293 e. The van der Waals surface area contributed by atoms with Crippen molar-refractivity contribution in [3.63, 3.8) is 0 Å². The van der Waals surface area contributed by atoms with E-state index in [2.05, 4.69) is 11.8 Å². The molecule has 0 saturated heterocycles. The van der Waals surface area contributed by atoms with E-state index < -0.39 is 5.91 Å². The Bertz CT molecular complexity index is 416. The average molecular weight is 190 g/mol. The molecular formula is C10H10N2O2. The van der Waals surface area contributed by atoms with Gasteiger partial charge in [-0.05, 0) is 12.1 Å². The molecular weight excluding hydrogens is 180 g/mol. The normalized spacial score (nSPS) is 8.64. The molecule has 0 saturated carbocycles. The third kappa shape index (κ3) is 2.42. The second-order valence-corrected chi connectivity index (χ2v) is 2.57. The van der Waals surface area contributed by atoms with Crippen LogP contribution in [0.5, 0.6) is 5.75 Å². The SMILES string of the molecule is COc1cc(N)ccc1C#CC(N)=O. The van der Waals surface area contributed by atoms with E-state index in [9.17, 15) is 4.79 Å². The summed E-state index contributed by atoms with van der Waals surface area (Å²) >= 11 is 0. The number of carbonyl (C=O) groups is 1. The van der Waals surface area contributed by atoms with E-state index in [0.717, 1.165) is 0 Å². The first kappa shape index (κ1) is 9.93. The molecule has 0 heterocycles. The molecule has 1 aromatic carbocycles. The van der Waals surface area contributed by atoms with Crippen molar-refractivity contribution in [2.24, 2.45) is 5.73 Å². The third-order valence-corrected chi connectivity index (χ3v) is 1.55. The van der Waals surface area contributed by atoms with Gasteiger partial charge >= 0.3 is 0 Å². The van der Waals surface area contributed by atoms with Crippen LogP contribution in [-0.4, -0.2) is 13.0 Å². The van der Waals surface area contributed by atoms with Gasteiger partial charge in [-0.1, -0.05) is 5.92 Å². The number of hydrogen-bond donors (Lipinski definition) is 2. The number of nitrogen functional groups attached to an aromatic ring is 1. The third-order valence-electron chi connectivity index (χ3n) is 1.55. The fourth-order valence-corrected chi connectivity index (χ4v) is 0.940. The number of anilines is 1. The van der Waals surface area contributed by atoms with Crippen LogP contribution in [0.15, 0.2) is 18.2 Å². The molecule has 0 aliphatic rings. The van der Waals surface area contributed by atoms with Crippen LogP contribution in [0.25, 0.3) is 0 Å². The Labute approximate surface area is 81.8 Å². The lowest BCUT2D eigenvalue weighted by Crippen LogP contribution is -2.06. The highest BCUT2D eigenvalue weighted by Gasteiger charge is 1.99. The maximum absolute atomic E-state index is 10.4. The van der Waals surface area contributed by atoms with Gasteiger partial charge in [0.1, 0.15) is 5.75 Å². The second kappa shape index (κ2) is 4.19. The van der Waals surface area contributed by atoms with Gasteiger partial charge in [-0.15, -0.1) is 0 Å². The molecule has 0 bridgehead atoms. The van der Waals surface area contributed by atoms with Gasteiger partial charge in [-0.2, -0.15) is 0 Å². The van der Waals surface area contributed by atoms with Crippen molar-refractivity contribution in [2.45, 2.75) is 0 Å². The largest absolute Gasteiger partial charge is 0.495 e. The summed E-state index contributed by atoms with van der Waals surface area (Å²) in [4.78, 5) is 10.4. The lowest BCUT2D eigenvalue weighted by molar-refractivity contribution is -0.112. The first-order chi connectivity index (χ1) is 6.63. The molecule has 4 heteroatoms. The zero-order valence-electron chi connectivity index (χ0n) is 7.70. The molecule has 0 fully saturated rings. The van der Waals surface area contributed by atoms with Gasteiger partial charge in [-0.25, -0.2) is 0 Å². The van der Waals surface area contributed by atoms with Crippen LogP contribution in [0.1, 0.15) is 5.56 Å². The Balaban J connectivity index is 3.10. The quantitative estimate of drug-likeness (QED) is 0.487. The lowest BCUT2D eigenvalue weighted by atomic mass is 10.2. The van der Waals surface area contributed by atoms with Crippen molar-refractivity contribution in [2.75, 3.05) is 12.8 Å². The van der Waals surface area contributed by atoms with Crippen LogP contribution in [-0.2, 0) is 4.79 Å². The molecule has 0 unspecified atom stereocenters. The van der Waals surface area contributed by atoms with E-state index in [1.807, 2.05) is 0 Å². The topological polar surface area (TPSA) is 78.3 Å². The number of carbonyl (C=O) groups excluding carboxylic acids is 1. The molecule has 0 aromatic heterocycles. The first-order valence-electron chi connectivity index (χ1n) is 3.88. The van der Waals surface area contributed by atoms with Gasteiger partial charge in [0.15, 0.2) is 0 Å². The summed E-state index contributed by atoms with van der Waals surface area (Å²) in [5.41, 5.74) is 11.6. The molecule has 4 nitrogen and oxygen atoms in total. The molecule has 0 aliphatic heterocycles. The monoisotopic (exact) mass is 190 g/mol. The van der Waals surface area contributed by atoms with Crippen molar-refractivity contribution < 1.29 is 9.53 Å². The fourth-order valence-electron chi connectivity index (χ4n) is 0.940. The van der Waals surface area contributed by atoms with E-state index in [4.69, 9.17) is 16.2 Å². The standard InChI is InChI=1S/C10H10N2O2/c1-14-9-6-8(11)4-2-7(9)3-5-10(12)13/h2,4,6H,11H2,1H3,(H2,12,13). The van der Waals surface area contributed by atoms with Crippen LogP contribution in [0.2, 0.25) is 0 Å². The Kier molecular flexibility index (Phi) is 2.97. The average Bonchev–Trinajstić information content (AvgIpc) is 2.15. The van der Waals surface area contributed by atoms with Gasteiger partial charge in [0, 0.05) is 17.7 Å². The summed E-state index contributed by atoms with van der Waals surface area (Å²) in [5, 5.41) is 0. The number of rotatable bonds is 1. The number of hydrogen-bond acceptors (Lipinski definition) is 3. The number of benzene rings is 1. The molecule has 0 aliphatic carbocycles. The highest BCUT2D eigenvalue weighted by atomic mass is 16.5. The zero-order valence-corrected chi connectivity index (χ0v) is 7.70. The Hall–Kier alpha value is -2.15. The molecule has 1 rings (SSSR count). The van der Waals surface area contributed by atoms with Crippen LogP contribution in [0.4, 0.5) is 5.69 Å². The molecule has 4 N–H and O–H groups in total. The lowest BCUT2D eigenvalue weighted by Gasteiger charge is -2.03. The van der Waals surface area contributed by atoms with Crippen LogP contribution in [0.3, 0.4) is 0 Å². The number of amides is 1. The highest BCUT2D eigenvalue weighted by molar-refractivity contribution is 5.92. The van der Waals surface area contributed by atoms with Gasteiger partial charge in [-0.3, -0.25) is 4.79 Å². The minimum atomic E-state index is -0.677. The van der Waals surface area contributed by atoms with E-state index in [-0.39, 0.29) is 0 Å². The number of ether oxygens (including phenoxy) is 1. The minimum absolute atomic E-state index is 0.527. The van der Waals surface area contributed by atoms with Crippen molar-refractivity contribution in [1.29, 1.82) is 0 Å². The van der Waals surface area contributed by atoms with Crippen LogP contribution < -0.4 is 16.2 Å². The van der Waals surface area contributed by atoms with E-state index >= 15 is 0 Å². The number of methoxy groups -OCH3 is 1. The Morgan fingerprint density at radius 3 is 2.79 bits per heavy atom. The summed E-state index contributed by atoms with van der Waals surface area (Å²) in [5.74, 6) is 4.66. The van der Waals surface area contributed by atoms with Crippen molar-refractivity contribution in [3.8, 4) is 17.6 Å². The fraction of sp³-hybridized carbons (Fsp3) is 0.100. The van der Waals surface area contributed by atoms with Gasteiger partial charge < -0.3 is 16.2 Å². The molecule has 1 amide bonds. The molecule has 14 heavy (non-hydrogen) atoms. The van der Waals surface area contributed by atoms with E-state index in [0.29, 0.717) is 17.0 Å². The highest BCUT2D eigenvalue weighted by Crippen LogP contribution is 2.20. The molecule has 0 radical (unpaired) electrons. The van der Waals surface area contributed by atoms with Crippen LogP contribution >= 0.6 is 0 Å². The molecule has 0 atom stereocenters. The summed E-state index contributed by atoms with van der Waals surface area (Å²) < 4.78 is 5.02. The number of primary amides is 1. The van der Waals surface area contributed by atoms with Crippen molar-refractivity contribution >= 4 is 11.6 Å². The smallest absolute Gasteiger partial charge is 0.293 e.